The summed E-state index contributed by atoms with van der Waals surface area (Å²) >= 11 is 0. The third-order valence-electron chi connectivity index (χ3n) is 6.17. The summed E-state index contributed by atoms with van der Waals surface area (Å²) in [5.41, 5.74) is 0.552. The first-order valence-corrected chi connectivity index (χ1v) is 15.8. The molecule has 2 atom stereocenters. The van der Waals surface area contributed by atoms with Gasteiger partial charge in [-0.3, -0.25) is 23.6 Å². The van der Waals surface area contributed by atoms with Crippen molar-refractivity contribution in [3.05, 3.63) is 35.4 Å². The van der Waals surface area contributed by atoms with E-state index in [9.17, 15) is 18.7 Å². The van der Waals surface area contributed by atoms with Gasteiger partial charge in [0.2, 0.25) is 7.37 Å². The van der Waals surface area contributed by atoms with Crippen molar-refractivity contribution in [3.8, 4) is 0 Å². The second kappa shape index (κ2) is 13.7. The highest BCUT2D eigenvalue weighted by molar-refractivity contribution is 7.74. The summed E-state index contributed by atoms with van der Waals surface area (Å²) in [6.45, 7) is 3.93. The molecular weight excluding hydrogens is 476 g/mol. The lowest BCUT2D eigenvalue weighted by Gasteiger charge is -2.34. The van der Waals surface area contributed by atoms with Gasteiger partial charge in [-0.25, -0.2) is 0 Å². The van der Waals surface area contributed by atoms with E-state index in [-0.39, 0.29) is 17.7 Å². The molecule has 2 amide bonds. The monoisotopic (exact) mass is 515 g/mol. The Balaban J connectivity index is 2.28. The second-order valence-corrected chi connectivity index (χ2v) is 13.9. The number of amides is 2. The molecular formula is C24H39NO7P2. The number of unbranched alkanes of at least 4 members (excludes halogenated alkanes) is 7. The highest BCUT2D eigenvalue weighted by Crippen LogP contribution is 2.66. The average molecular weight is 516 g/mol. The van der Waals surface area contributed by atoms with E-state index in [4.69, 9.17) is 13.6 Å². The van der Waals surface area contributed by atoms with Crippen molar-refractivity contribution in [3.63, 3.8) is 0 Å². The predicted molar refractivity (Wildman–Crippen MR) is 134 cm³/mol. The summed E-state index contributed by atoms with van der Waals surface area (Å²) in [6.07, 6.45) is 8.80. The Morgan fingerprint density at radius 2 is 1.32 bits per heavy atom. The molecule has 0 radical (unpaired) electrons. The van der Waals surface area contributed by atoms with Crippen LogP contribution in [0, 0.1) is 0 Å². The maximum absolute atomic E-state index is 14.2. The zero-order valence-corrected chi connectivity index (χ0v) is 22.7. The first-order valence-electron chi connectivity index (χ1n) is 12.2. The maximum atomic E-state index is 14.2. The van der Waals surface area contributed by atoms with Crippen LogP contribution in [0.1, 0.15) is 92.4 Å². The lowest BCUT2D eigenvalue weighted by Crippen LogP contribution is -2.40. The van der Waals surface area contributed by atoms with Crippen molar-refractivity contribution in [2.75, 3.05) is 26.7 Å². The lowest BCUT2D eigenvalue weighted by atomic mass is 10.1. The fourth-order valence-electron chi connectivity index (χ4n) is 4.31. The van der Waals surface area contributed by atoms with Crippen LogP contribution in [-0.4, -0.2) is 49.2 Å². The van der Waals surface area contributed by atoms with Crippen LogP contribution in [-0.2, 0) is 22.7 Å². The number of carbonyl (C=O) groups is 2. The van der Waals surface area contributed by atoms with Crippen LogP contribution >= 0.6 is 15.0 Å². The van der Waals surface area contributed by atoms with E-state index >= 15 is 0 Å². The van der Waals surface area contributed by atoms with Gasteiger partial charge in [0.15, 0.2) is 0 Å². The van der Waals surface area contributed by atoms with Crippen LogP contribution in [0.4, 0.5) is 0 Å². The molecule has 1 aromatic carbocycles. The summed E-state index contributed by atoms with van der Waals surface area (Å²) in [5.74, 6) is -2.56. The molecule has 34 heavy (non-hydrogen) atoms. The van der Waals surface area contributed by atoms with Crippen molar-refractivity contribution < 1.29 is 32.3 Å². The van der Waals surface area contributed by atoms with E-state index in [1.54, 1.807) is 31.2 Å². The number of hydrogen-bond acceptors (Lipinski definition) is 7. The fraction of sp³-hybridized carbons (Fsp3) is 0.667. The van der Waals surface area contributed by atoms with Crippen LogP contribution in [0.15, 0.2) is 24.3 Å². The highest BCUT2D eigenvalue weighted by atomic mass is 31.2. The molecule has 0 aromatic heterocycles. The molecule has 0 N–H and O–H groups in total. The molecule has 0 aliphatic carbocycles. The Morgan fingerprint density at radius 3 is 1.79 bits per heavy atom. The maximum Gasteiger partial charge on any atom is 0.339 e. The summed E-state index contributed by atoms with van der Waals surface area (Å²) < 4.78 is 42.9. The number of rotatable bonds is 17. The normalized spacial score (nSPS) is 16.5. The molecule has 192 valence electrons. The number of hydrogen-bond donors (Lipinski definition) is 0. The average Bonchev–Trinajstić information content (AvgIpc) is 3.08. The van der Waals surface area contributed by atoms with Gasteiger partial charge in [-0.05, 0) is 25.5 Å². The molecule has 2 unspecified atom stereocenters. The van der Waals surface area contributed by atoms with Crippen molar-refractivity contribution in [2.24, 2.45) is 0 Å². The Hall–Kier alpha value is -1.30. The summed E-state index contributed by atoms with van der Waals surface area (Å²) in [4.78, 5) is 27.5. The SMILES string of the molecule is CCCCCCCCCCC(N1C(=O)c2ccccc2C1=O)P(=O)(CP(=O)(OC)OC)OCC. The minimum atomic E-state index is -3.84. The van der Waals surface area contributed by atoms with Crippen LogP contribution in [0.3, 0.4) is 0 Å². The van der Waals surface area contributed by atoms with Gasteiger partial charge in [0.05, 0.1) is 17.7 Å². The van der Waals surface area contributed by atoms with E-state index in [2.05, 4.69) is 6.92 Å². The van der Waals surface area contributed by atoms with E-state index in [1.165, 1.54) is 39.9 Å². The first kappa shape index (κ1) is 28.9. The molecule has 0 saturated carbocycles. The quantitative estimate of drug-likeness (QED) is 0.126. The number of nitrogens with zero attached hydrogens (tertiary/aromatic N) is 1. The molecule has 8 nitrogen and oxygen atoms in total. The third-order valence-corrected chi connectivity index (χ3v) is 12.3. The Labute approximate surface area is 203 Å². The van der Waals surface area contributed by atoms with Gasteiger partial charge in [0.1, 0.15) is 11.7 Å². The Bertz CT molecular complexity index is 877. The molecule has 2 rings (SSSR count). The highest BCUT2D eigenvalue weighted by Gasteiger charge is 2.50. The zero-order valence-electron chi connectivity index (χ0n) is 20.9. The van der Waals surface area contributed by atoms with Gasteiger partial charge >= 0.3 is 7.60 Å². The number of benzene rings is 1. The molecule has 0 fully saturated rings. The van der Waals surface area contributed by atoms with Crippen LogP contribution < -0.4 is 0 Å². The lowest BCUT2D eigenvalue weighted by molar-refractivity contribution is 0.0613. The van der Waals surface area contributed by atoms with Crippen molar-refractivity contribution in [1.82, 2.24) is 4.90 Å². The molecule has 1 aliphatic heterocycles. The molecule has 1 heterocycles. The fourth-order valence-corrected chi connectivity index (χ4v) is 10.1. The van der Waals surface area contributed by atoms with Crippen LogP contribution in [0.2, 0.25) is 0 Å². The molecule has 1 aliphatic rings. The van der Waals surface area contributed by atoms with Gasteiger partial charge in [-0.2, -0.15) is 0 Å². The zero-order chi connectivity index (χ0) is 25.2. The largest absolute Gasteiger partial charge is 0.339 e. The van der Waals surface area contributed by atoms with Gasteiger partial charge in [-0.15, -0.1) is 0 Å². The Morgan fingerprint density at radius 1 is 0.824 bits per heavy atom. The van der Waals surface area contributed by atoms with E-state index in [0.717, 1.165) is 24.2 Å². The molecule has 0 bridgehead atoms. The van der Waals surface area contributed by atoms with E-state index < -0.39 is 38.5 Å². The molecule has 0 spiro atoms. The molecule has 0 saturated heterocycles. The number of fused-ring (bicyclic) bond motifs is 1. The van der Waals surface area contributed by atoms with E-state index in [0.29, 0.717) is 12.8 Å². The predicted octanol–water partition coefficient (Wildman–Crippen LogP) is 6.90. The summed E-state index contributed by atoms with van der Waals surface area (Å²) in [6, 6.07) is 6.55. The Kier molecular flexibility index (Phi) is 11.7. The smallest absolute Gasteiger partial charge is 0.327 e. The first-order chi connectivity index (χ1) is 16.3. The van der Waals surface area contributed by atoms with Gasteiger partial charge < -0.3 is 13.6 Å². The third kappa shape index (κ3) is 7.11. The van der Waals surface area contributed by atoms with E-state index in [1.807, 2.05) is 0 Å². The standard InChI is InChI=1S/C24H39NO7P2/c1-5-7-8-9-10-11-12-13-18-22(33(28,32-6-2)19-34(29,30-3)31-4)25-23(26)20-16-14-15-17-21(20)24(25)27/h14-17,22H,5-13,18-19H2,1-4H3. The van der Waals surface area contributed by atoms with Gasteiger partial charge in [0.25, 0.3) is 11.8 Å². The minimum Gasteiger partial charge on any atom is -0.327 e. The number of carbonyl (C=O) groups excluding carboxylic acids is 2. The van der Waals surface area contributed by atoms with Crippen LogP contribution in [0.5, 0.6) is 0 Å². The molecule has 10 heteroatoms. The molecule has 1 aromatic rings. The van der Waals surface area contributed by atoms with Crippen LogP contribution in [0.25, 0.3) is 0 Å². The summed E-state index contributed by atoms with van der Waals surface area (Å²) in [5, 5.41) is 0. The second-order valence-electron chi connectivity index (χ2n) is 8.53. The van der Waals surface area contributed by atoms with Crippen molar-refractivity contribution >= 4 is 26.8 Å². The topological polar surface area (TPSA) is 99.2 Å². The summed E-state index contributed by atoms with van der Waals surface area (Å²) in [7, 11) is -5.14. The van der Waals surface area contributed by atoms with Gasteiger partial charge in [-0.1, -0.05) is 70.4 Å². The van der Waals surface area contributed by atoms with Crippen molar-refractivity contribution in [1.29, 1.82) is 0 Å². The minimum absolute atomic E-state index is 0.0712. The van der Waals surface area contributed by atoms with Crippen molar-refractivity contribution in [2.45, 2.75) is 77.4 Å². The number of imide groups is 1. The van der Waals surface area contributed by atoms with Gasteiger partial charge in [0, 0.05) is 14.2 Å².